The van der Waals surface area contributed by atoms with E-state index in [2.05, 4.69) is 5.32 Å². The fourth-order valence-corrected chi connectivity index (χ4v) is 7.02. The Balaban J connectivity index is 1.41. The summed E-state index contributed by atoms with van der Waals surface area (Å²) in [6, 6.07) is 12.6. The maximum absolute atomic E-state index is 13.1. The van der Waals surface area contributed by atoms with Gasteiger partial charge in [0.2, 0.25) is 0 Å². The highest BCUT2D eigenvalue weighted by atomic mass is 32.2. The first-order valence-electron chi connectivity index (χ1n) is 11.8. The number of para-hydroxylation sites is 1. The first kappa shape index (κ1) is 26.4. The van der Waals surface area contributed by atoms with Gasteiger partial charge in [-0.3, -0.25) is 4.79 Å². The van der Waals surface area contributed by atoms with E-state index in [0.29, 0.717) is 34.5 Å². The third-order valence-corrected chi connectivity index (χ3v) is 8.91. The van der Waals surface area contributed by atoms with Gasteiger partial charge in [0.25, 0.3) is 11.7 Å². The topological polar surface area (TPSA) is 92.8 Å². The highest BCUT2D eigenvalue weighted by Gasteiger charge is 2.39. The molecule has 2 aromatic carbocycles. The number of sulfone groups is 1. The van der Waals surface area contributed by atoms with E-state index in [1.165, 1.54) is 0 Å². The third kappa shape index (κ3) is 6.76. The number of nitrogens with zero attached hydrogens (tertiary/aromatic N) is 1. The molecular weight excluding hydrogens is 510 g/mol. The fourth-order valence-electron chi connectivity index (χ4n) is 4.81. The summed E-state index contributed by atoms with van der Waals surface area (Å²) in [4.78, 5) is 28.1. The molecule has 1 heterocycles. The molecule has 1 amide bonds. The summed E-state index contributed by atoms with van der Waals surface area (Å²) >= 11 is 0.446. The number of anilines is 2. The molecule has 11 heteroatoms. The Bertz CT molecular complexity index is 1190. The number of halogens is 2. The highest BCUT2D eigenvalue weighted by Crippen LogP contribution is 2.30. The molecule has 1 N–H and O–H groups in total. The predicted molar refractivity (Wildman–Crippen MR) is 134 cm³/mol. The van der Waals surface area contributed by atoms with Gasteiger partial charge in [-0.1, -0.05) is 36.7 Å². The first-order chi connectivity index (χ1) is 17.2. The number of amides is 1. The van der Waals surface area contributed by atoms with Crippen LogP contribution in [0.1, 0.15) is 42.5 Å². The Kier molecular flexibility index (Phi) is 8.50. The number of nitrogens with one attached hydrogen (secondary N) is 1. The standard InChI is InChI=1S/C25H28F2N2O5S2/c26-25(27)35-20-11-9-17(10-12-20)28-22-8-4-3-7-21(22)24(31)34-15-23(30)29(18-5-1-2-6-18)19-13-14-36(32,33)16-19/h3-4,7-12,18-19,25,28H,1-2,5-6,13-16H2. The summed E-state index contributed by atoms with van der Waals surface area (Å²) < 4.78 is 54.5. The lowest BCUT2D eigenvalue weighted by atomic mass is 10.1. The Morgan fingerprint density at radius 1 is 1.03 bits per heavy atom. The molecule has 0 bridgehead atoms. The largest absolute Gasteiger partial charge is 0.452 e. The van der Waals surface area contributed by atoms with Gasteiger partial charge in [-0.05, 0) is 55.7 Å². The number of carbonyl (C=O) groups is 2. The number of alkyl halides is 2. The Morgan fingerprint density at radius 2 is 1.72 bits per heavy atom. The maximum atomic E-state index is 13.1. The van der Waals surface area contributed by atoms with Crippen molar-refractivity contribution in [1.29, 1.82) is 0 Å². The van der Waals surface area contributed by atoms with Crippen LogP contribution in [-0.4, -0.2) is 61.1 Å². The van der Waals surface area contributed by atoms with Crippen molar-refractivity contribution in [3.05, 3.63) is 54.1 Å². The number of carbonyl (C=O) groups excluding carboxylic acids is 2. The normalized spacial score (nSPS) is 19.4. The van der Waals surface area contributed by atoms with Crippen molar-refractivity contribution in [2.45, 2.75) is 54.8 Å². The van der Waals surface area contributed by atoms with Crippen LogP contribution in [0.3, 0.4) is 0 Å². The first-order valence-corrected chi connectivity index (χ1v) is 14.5. The Labute approximate surface area is 213 Å². The number of ether oxygens (including phenoxy) is 1. The van der Waals surface area contributed by atoms with E-state index in [1.54, 1.807) is 53.4 Å². The van der Waals surface area contributed by atoms with Crippen molar-refractivity contribution >= 4 is 44.9 Å². The minimum Gasteiger partial charge on any atom is -0.452 e. The Hall–Kier alpha value is -2.66. The molecule has 2 aliphatic rings. The second kappa shape index (κ2) is 11.6. The van der Waals surface area contributed by atoms with Crippen LogP contribution in [0.15, 0.2) is 53.4 Å². The molecule has 2 fully saturated rings. The quantitative estimate of drug-likeness (QED) is 0.360. The zero-order valence-electron chi connectivity index (χ0n) is 19.6. The molecule has 1 aliphatic heterocycles. The van der Waals surface area contributed by atoms with Crippen molar-refractivity contribution in [2.75, 3.05) is 23.4 Å². The maximum Gasteiger partial charge on any atom is 0.340 e. The summed E-state index contributed by atoms with van der Waals surface area (Å²) in [6.45, 7) is -0.472. The van der Waals surface area contributed by atoms with Gasteiger partial charge in [0.1, 0.15) is 0 Å². The fraction of sp³-hybridized carbons (Fsp3) is 0.440. The minimum atomic E-state index is -3.17. The number of esters is 1. The summed E-state index contributed by atoms with van der Waals surface area (Å²) in [7, 11) is -3.17. The highest BCUT2D eigenvalue weighted by molar-refractivity contribution is 7.99. The molecule has 0 radical (unpaired) electrons. The van der Waals surface area contributed by atoms with E-state index in [-0.39, 0.29) is 35.1 Å². The number of rotatable bonds is 9. The molecule has 4 rings (SSSR count). The van der Waals surface area contributed by atoms with Gasteiger partial charge in [0.15, 0.2) is 16.4 Å². The van der Waals surface area contributed by atoms with Gasteiger partial charge in [-0.25, -0.2) is 13.2 Å². The molecule has 7 nitrogen and oxygen atoms in total. The lowest BCUT2D eigenvalue weighted by Gasteiger charge is -2.33. The average Bonchev–Trinajstić information content (AvgIpc) is 3.49. The van der Waals surface area contributed by atoms with Gasteiger partial charge >= 0.3 is 5.97 Å². The van der Waals surface area contributed by atoms with E-state index in [0.717, 1.165) is 25.7 Å². The van der Waals surface area contributed by atoms with Crippen molar-refractivity contribution in [3.8, 4) is 0 Å². The van der Waals surface area contributed by atoms with Gasteiger partial charge in [0, 0.05) is 22.7 Å². The molecule has 1 saturated heterocycles. The summed E-state index contributed by atoms with van der Waals surface area (Å²) in [5, 5.41) is 3.08. The third-order valence-electron chi connectivity index (χ3n) is 6.44. The van der Waals surface area contributed by atoms with E-state index >= 15 is 0 Å². The van der Waals surface area contributed by atoms with Crippen LogP contribution in [0.4, 0.5) is 20.2 Å². The molecule has 1 aliphatic carbocycles. The smallest absolute Gasteiger partial charge is 0.340 e. The van der Waals surface area contributed by atoms with Crippen molar-refractivity contribution in [1.82, 2.24) is 4.90 Å². The second-order valence-corrected chi connectivity index (χ2v) is 12.2. The molecule has 36 heavy (non-hydrogen) atoms. The van der Waals surface area contributed by atoms with Crippen LogP contribution in [0.2, 0.25) is 0 Å². The summed E-state index contributed by atoms with van der Waals surface area (Å²) in [5.74, 6) is -3.57. The summed E-state index contributed by atoms with van der Waals surface area (Å²) in [6.07, 6.45) is 4.00. The Morgan fingerprint density at radius 3 is 2.36 bits per heavy atom. The molecule has 1 saturated carbocycles. The average molecular weight is 539 g/mol. The van der Waals surface area contributed by atoms with Crippen molar-refractivity contribution in [2.24, 2.45) is 0 Å². The van der Waals surface area contributed by atoms with Gasteiger partial charge in [-0.15, -0.1) is 0 Å². The van der Waals surface area contributed by atoms with Gasteiger partial charge < -0.3 is 15.0 Å². The molecule has 1 atom stereocenters. The molecule has 2 aromatic rings. The number of thioether (sulfide) groups is 1. The predicted octanol–water partition coefficient (Wildman–Crippen LogP) is 4.86. The zero-order chi connectivity index (χ0) is 25.7. The monoisotopic (exact) mass is 538 g/mol. The van der Waals surface area contributed by atoms with Crippen LogP contribution in [0, 0.1) is 0 Å². The van der Waals surface area contributed by atoms with E-state index in [4.69, 9.17) is 4.74 Å². The minimum absolute atomic E-state index is 0.0327. The van der Waals surface area contributed by atoms with Crippen LogP contribution < -0.4 is 5.32 Å². The lowest BCUT2D eigenvalue weighted by molar-refractivity contribution is -0.139. The summed E-state index contributed by atoms with van der Waals surface area (Å²) in [5.41, 5.74) is 1.26. The van der Waals surface area contributed by atoms with Crippen LogP contribution in [-0.2, 0) is 19.4 Å². The van der Waals surface area contributed by atoms with Gasteiger partial charge in [-0.2, -0.15) is 8.78 Å². The molecule has 1 unspecified atom stereocenters. The molecular formula is C25H28F2N2O5S2. The van der Waals surface area contributed by atoms with Crippen molar-refractivity contribution in [3.63, 3.8) is 0 Å². The van der Waals surface area contributed by atoms with Crippen LogP contribution in [0.25, 0.3) is 0 Å². The van der Waals surface area contributed by atoms with Crippen LogP contribution >= 0.6 is 11.8 Å². The number of benzene rings is 2. The molecule has 194 valence electrons. The SMILES string of the molecule is O=C(OCC(=O)N(C1CCCC1)C1CCS(=O)(=O)C1)c1ccccc1Nc1ccc(SC(F)F)cc1. The van der Waals surface area contributed by atoms with E-state index < -0.39 is 28.2 Å². The number of hydrogen-bond donors (Lipinski definition) is 1. The van der Waals surface area contributed by atoms with Gasteiger partial charge in [0.05, 0.1) is 22.8 Å². The number of hydrogen-bond acceptors (Lipinski definition) is 7. The van der Waals surface area contributed by atoms with E-state index in [9.17, 15) is 26.8 Å². The van der Waals surface area contributed by atoms with E-state index in [1.807, 2.05) is 0 Å². The molecule has 0 spiro atoms. The lowest BCUT2D eigenvalue weighted by Crippen LogP contribution is -2.48. The molecule has 0 aromatic heterocycles. The second-order valence-electron chi connectivity index (χ2n) is 8.95. The van der Waals surface area contributed by atoms with Crippen LogP contribution in [0.5, 0.6) is 0 Å². The van der Waals surface area contributed by atoms with Crippen molar-refractivity contribution < 1.29 is 31.5 Å². The zero-order valence-corrected chi connectivity index (χ0v) is 21.2.